The number of Topliss-reactive ketones (excluding diaryl/α,β-unsaturated/α-hetero) is 2. The van der Waals surface area contributed by atoms with Crippen LogP contribution in [0, 0.1) is 0 Å². The van der Waals surface area contributed by atoms with Crippen LogP contribution < -0.4 is 4.74 Å². The third-order valence-corrected chi connectivity index (χ3v) is 4.65. The number of ketones is 2. The lowest BCUT2D eigenvalue weighted by Gasteiger charge is -2.19. The minimum absolute atomic E-state index is 0.0103. The fourth-order valence-electron chi connectivity index (χ4n) is 3.53. The van der Waals surface area contributed by atoms with Crippen LogP contribution in [-0.4, -0.2) is 18.7 Å². The van der Waals surface area contributed by atoms with Crippen molar-refractivity contribution in [2.24, 2.45) is 0 Å². The van der Waals surface area contributed by atoms with Gasteiger partial charge in [0.05, 0.1) is 19.8 Å². The van der Waals surface area contributed by atoms with E-state index < -0.39 is 0 Å². The second-order valence-electron chi connectivity index (χ2n) is 5.96. The van der Waals surface area contributed by atoms with E-state index in [2.05, 4.69) is 0 Å². The Hall–Kier alpha value is -2.62. The number of carbonyl (C=O) groups is 2. The molecule has 2 aromatic carbocycles. The van der Waals surface area contributed by atoms with Crippen molar-refractivity contribution in [2.45, 2.75) is 25.2 Å². The van der Waals surface area contributed by atoms with Crippen LogP contribution in [0.1, 0.15) is 30.7 Å². The van der Waals surface area contributed by atoms with Crippen molar-refractivity contribution in [3.63, 3.8) is 0 Å². The van der Waals surface area contributed by atoms with Crippen LogP contribution in [-0.2, 0) is 9.59 Å². The fourth-order valence-corrected chi connectivity index (χ4v) is 3.53. The van der Waals surface area contributed by atoms with Crippen LogP contribution in [0.3, 0.4) is 0 Å². The Bertz CT molecular complexity index is 935. The SMILES string of the molecule is COc1cccc2c1ccc1occ(C3CCC(=O)CC3=O)c12. The van der Waals surface area contributed by atoms with E-state index in [-0.39, 0.29) is 23.9 Å². The minimum Gasteiger partial charge on any atom is -0.496 e. The molecule has 1 aliphatic carbocycles. The van der Waals surface area contributed by atoms with Gasteiger partial charge in [0.1, 0.15) is 22.9 Å². The summed E-state index contributed by atoms with van der Waals surface area (Å²) in [7, 11) is 1.64. The van der Waals surface area contributed by atoms with Crippen molar-refractivity contribution in [2.75, 3.05) is 7.11 Å². The Labute approximate surface area is 133 Å². The van der Waals surface area contributed by atoms with E-state index >= 15 is 0 Å². The van der Waals surface area contributed by atoms with Crippen molar-refractivity contribution >= 4 is 33.3 Å². The third-order valence-electron chi connectivity index (χ3n) is 4.65. The Balaban J connectivity index is 1.96. The molecule has 4 rings (SSSR count). The van der Waals surface area contributed by atoms with Crippen molar-refractivity contribution < 1.29 is 18.7 Å². The highest BCUT2D eigenvalue weighted by atomic mass is 16.5. The monoisotopic (exact) mass is 308 g/mol. The molecule has 1 saturated carbocycles. The molecule has 4 heteroatoms. The molecular weight excluding hydrogens is 292 g/mol. The molecule has 1 aliphatic rings. The first-order chi connectivity index (χ1) is 11.2. The van der Waals surface area contributed by atoms with Gasteiger partial charge >= 0.3 is 0 Å². The topological polar surface area (TPSA) is 56.5 Å². The maximum Gasteiger partial charge on any atom is 0.147 e. The highest BCUT2D eigenvalue weighted by Gasteiger charge is 2.31. The molecular formula is C19H16O4. The Morgan fingerprint density at radius 1 is 1.13 bits per heavy atom. The molecule has 0 bridgehead atoms. The zero-order chi connectivity index (χ0) is 16.0. The largest absolute Gasteiger partial charge is 0.496 e. The van der Waals surface area contributed by atoms with Gasteiger partial charge in [-0.25, -0.2) is 0 Å². The molecule has 3 aromatic rings. The Morgan fingerprint density at radius 3 is 2.78 bits per heavy atom. The van der Waals surface area contributed by atoms with Gasteiger partial charge in [-0.3, -0.25) is 9.59 Å². The molecule has 1 atom stereocenters. The Kier molecular flexibility index (Phi) is 3.18. The lowest BCUT2D eigenvalue weighted by molar-refractivity contribution is -0.130. The van der Waals surface area contributed by atoms with Crippen molar-refractivity contribution in [3.05, 3.63) is 42.2 Å². The molecule has 23 heavy (non-hydrogen) atoms. The van der Waals surface area contributed by atoms with E-state index in [0.29, 0.717) is 12.8 Å². The second-order valence-corrected chi connectivity index (χ2v) is 5.96. The highest BCUT2D eigenvalue weighted by molar-refractivity contribution is 6.12. The molecule has 0 aliphatic heterocycles. The molecule has 4 nitrogen and oxygen atoms in total. The molecule has 1 unspecified atom stereocenters. The zero-order valence-electron chi connectivity index (χ0n) is 12.8. The van der Waals surface area contributed by atoms with E-state index in [4.69, 9.17) is 9.15 Å². The van der Waals surface area contributed by atoms with Crippen LogP contribution in [0.15, 0.2) is 41.0 Å². The highest BCUT2D eigenvalue weighted by Crippen LogP contribution is 2.39. The van der Waals surface area contributed by atoms with E-state index in [1.165, 1.54) is 0 Å². The molecule has 1 fully saturated rings. The van der Waals surface area contributed by atoms with E-state index in [0.717, 1.165) is 33.1 Å². The van der Waals surface area contributed by atoms with Crippen molar-refractivity contribution in [3.8, 4) is 5.75 Å². The van der Waals surface area contributed by atoms with Gasteiger partial charge in [0.15, 0.2) is 0 Å². The molecule has 0 saturated heterocycles. The smallest absolute Gasteiger partial charge is 0.147 e. The average molecular weight is 308 g/mol. The maximum atomic E-state index is 12.3. The number of rotatable bonds is 2. The number of furan rings is 1. The van der Waals surface area contributed by atoms with Gasteiger partial charge in [-0.05, 0) is 30.0 Å². The van der Waals surface area contributed by atoms with Gasteiger partial charge in [0.25, 0.3) is 0 Å². The number of carbonyl (C=O) groups excluding carboxylic acids is 2. The summed E-state index contributed by atoms with van der Waals surface area (Å²) in [6.07, 6.45) is 2.72. The minimum atomic E-state index is -0.259. The average Bonchev–Trinajstić information content (AvgIpc) is 2.98. The lowest BCUT2D eigenvalue weighted by atomic mass is 9.81. The van der Waals surface area contributed by atoms with Gasteiger partial charge in [0, 0.05) is 28.7 Å². The normalized spacial score (nSPS) is 18.7. The maximum absolute atomic E-state index is 12.3. The molecule has 0 amide bonds. The van der Waals surface area contributed by atoms with Crippen molar-refractivity contribution in [1.29, 1.82) is 0 Å². The van der Waals surface area contributed by atoms with Gasteiger partial charge in [-0.15, -0.1) is 0 Å². The molecule has 0 radical (unpaired) electrons. The first-order valence-corrected chi connectivity index (χ1v) is 7.70. The van der Waals surface area contributed by atoms with Crippen LogP contribution in [0.5, 0.6) is 5.75 Å². The molecule has 0 spiro atoms. The molecule has 1 aromatic heterocycles. The number of hydrogen-bond acceptors (Lipinski definition) is 4. The van der Waals surface area contributed by atoms with Gasteiger partial charge in [-0.2, -0.15) is 0 Å². The van der Waals surface area contributed by atoms with Crippen LogP contribution in [0.2, 0.25) is 0 Å². The van der Waals surface area contributed by atoms with Gasteiger partial charge in [-0.1, -0.05) is 12.1 Å². The third kappa shape index (κ3) is 2.13. The summed E-state index contributed by atoms with van der Waals surface area (Å²) < 4.78 is 11.1. The van der Waals surface area contributed by atoms with E-state index in [9.17, 15) is 9.59 Å². The lowest BCUT2D eigenvalue weighted by Crippen LogP contribution is -2.23. The Morgan fingerprint density at radius 2 is 2.00 bits per heavy atom. The molecule has 116 valence electrons. The zero-order valence-corrected chi connectivity index (χ0v) is 12.8. The summed E-state index contributed by atoms with van der Waals surface area (Å²) in [5.74, 6) is 0.557. The summed E-state index contributed by atoms with van der Waals surface area (Å²) in [5, 5.41) is 2.95. The van der Waals surface area contributed by atoms with Crippen LogP contribution in [0.4, 0.5) is 0 Å². The quantitative estimate of drug-likeness (QED) is 0.671. The van der Waals surface area contributed by atoms with Gasteiger partial charge in [0.2, 0.25) is 0 Å². The first kappa shape index (κ1) is 14.0. The fraction of sp³-hybridized carbons (Fsp3) is 0.263. The number of hydrogen-bond donors (Lipinski definition) is 0. The van der Waals surface area contributed by atoms with Crippen LogP contribution in [0.25, 0.3) is 21.7 Å². The number of benzene rings is 2. The number of fused-ring (bicyclic) bond motifs is 3. The summed E-state index contributed by atoms with van der Waals surface area (Å²) in [5.41, 5.74) is 1.64. The summed E-state index contributed by atoms with van der Waals surface area (Å²) in [6.45, 7) is 0. The molecule has 1 heterocycles. The number of ether oxygens (including phenoxy) is 1. The summed E-state index contributed by atoms with van der Waals surface area (Å²) in [4.78, 5) is 23.8. The van der Waals surface area contributed by atoms with Crippen LogP contribution >= 0.6 is 0 Å². The van der Waals surface area contributed by atoms with E-state index in [1.54, 1.807) is 13.4 Å². The first-order valence-electron chi connectivity index (χ1n) is 7.70. The number of methoxy groups -OCH3 is 1. The summed E-state index contributed by atoms with van der Waals surface area (Å²) >= 11 is 0. The van der Waals surface area contributed by atoms with E-state index in [1.807, 2.05) is 30.3 Å². The predicted molar refractivity (Wildman–Crippen MR) is 86.9 cm³/mol. The predicted octanol–water partition coefficient (Wildman–Crippen LogP) is 4.00. The summed E-state index contributed by atoms with van der Waals surface area (Å²) in [6, 6.07) is 9.73. The molecule has 0 N–H and O–H groups in total. The van der Waals surface area contributed by atoms with Gasteiger partial charge < -0.3 is 9.15 Å². The van der Waals surface area contributed by atoms with Crippen molar-refractivity contribution in [1.82, 2.24) is 0 Å². The second kappa shape index (κ2) is 5.23. The standard InChI is InChI=1S/C19H16O4/c1-22-17-4-2-3-14-13(17)7-8-18-19(14)15(10-23-18)12-6-5-11(20)9-16(12)21/h2-4,7-8,10,12H,5-6,9H2,1H3.